The second-order valence-corrected chi connectivity index (χ2v) is 3.37. The minimum Gasteiger partial charge on any atom is -0.548 e. The molecule has 0 amide bonds. The highest BCUT2D eigenvalue weighted by Gasteiger charge is 2.11. The number of nitrogens with zero attached hydrogens (tertiary/aromatic N) is 2. The minimum absolute atomic E-state index is 0.123. The van der Waals surface area contributed by atoms with Gasteiger partial charge in [0.25, 0.3) is 0 Å². The molecule has 15 heavy (non-hydrogen) atoms. The average molecular weight is 224 g/mol. The van der Waals surface area contributed by atoms with Crippen LogP contribution in [0.2, 0.25) is 0 Å². The fourth-order valence-corrected chi connectivity index (χ4v) is 1.40. The molecule has 0 spiro atoms. The Morgan fingerprint density at radius 3 is 2.33 bits per heavy atom. The van der Waals surface area contributed by atoms with Crippen molar-refractivity contribution in [3.05, 3.63) is 10.6 Å². The number of nitrogens with one attached hydrogen (secondary N) is 1. The Kier molecular flexibility index (Phi) is 6.00. The van der Waals surface area contributed by atoms with Crippen molar-refractivity contribution in [3.63, 3.8) is 0 Å². The van der Waals surface area contributed by atoms with Crippen LogP contribution in [0.25, 0.3) is 0 Å². The highest BCUT2D eigenvalue weighted by Crippen LogP contribution is 2.14. The minimum atomic E-state index is -1.25. The van der Waals surface area contributed by atoms with Crippen LogP contribution in [-0.4, -0.2) is 18.3 Å². The number of hydrogen-bond donors (Lipinski definition) is 1. The SMILES string of the molecule is CCC(NC(SC)=C(C#N)C#N)C(=O)[O-]. The smallest absolute Gasteiger partial charge is 0.159 e. The van der Waals surface area contributed by atoms with Crippen LogP contribution in [0.4, 0.5) is 0 Å². The number of carbonyl (C=O) groups is 1. The topological polar surface area (TPSA) is 99.7 Å². The average Bonchev–Trinajstić information content (AvgIpc) is 2.23. The van der Waals surface area contributed by atoms with Gasteiger partial charge in [-0.25, -0.2) is 0 Å². The van der Waals surface area contributed by atoms with Crippen molar-refractivity contribution in [2.75, 3.05) is 6.26 Å². The number of aliphatic carboxylic acids is 1. The van der Waals surface area contributed by atoms with Gasteiger partial charge in [0.1, 0.15) is 12.1 Å². The summed E-state index contributed by atoms with van der Waals surface area (Å²) in [5.74, 6) is -1.25. The maximum Gasteiger partial charge on any atom is 0.159 e. The summed E-state index contributed by atoms with van der Waals surface area (Å²) in [5.41, 5.74) is -0.123. The van der Waals surface area contributed by atoms with E-state index in [-0.39, 0.29) is 10.6 Å². The Bertz CT molecular complexity index is 335. The summed E-state index contributed by atoms with van der Waals surface area (Å²) < 4.78 is 0. The molecule has 0 aromatic heterocycles. The lowest BCUT2D eigenvalue weighted by Gasteiger charge is -2.19. The Balaban J connectivity index is 4.90. The number of thioether (sulfide) groups is 1. The van der Waals surface area contributed by atoms with E-state index in [2.05, 4.69) is 5.32 Å². The normalized spacial score (nSPS) is 10.7. The summed E-state index contributed by atoms with van der Waals surface area (Å²) >= 11 is 1.12. The van der Waals surface area contributed by atoms with Gasteiger partial charge >= 0.3 is 0 Å². The van der Waals surface area contributed by atoms with Gasteiger partial charge in [0.15, 0.2) is 5.57 Å². The molecule has 1 unspecified atom stereocenters. The van der Waals surface area contributed by atoms with Gasteiger partial charge in [0.2, 0.25) is 0 Å². The fraction of sp³-hybridized carbons (Fsp3) is 0.444. The van der Waals surface area contributed by atoms with Gasteiger partial charge in [-0.1, -0.05) is 6.92 Å². The molecule has 0 radical (unpaired) electrons. The van der Waals surface area contributed by atoms with Crippen LogP contribution >= 0.6 is 11.8 Å². The van der Waals surface area contributed by atoms with Crippen LogP contribution in [0.3, 0.4) is 0 Å². The van der Waals surface area contributed by atoms with Crippen molar-refractivity contribution in [2.24, 2.45) is 0 Å². The first-order valence-corrected chi connectivity index (χ1v) is 5.39. The molecule has 0 aromatic rings. The third-order valence-corrected chi connectivity index (χ3v) is 2.38. The highest BCUT2D eigenvalue weighted by molar-refractivity contribution is 8.02. The highest BCUT2D eigenvalue weighted by atomic mass is 32.2. The number of carboxylic acid groups (broad SMARTS) is 1. The Morgan fingerprint density at radius 1 is 1.53 bits per heavy atom. The standard InChI is InChI=1S/C9H11N3O2S/c1-3-7(9(13)14)12-8(15-2)6(4-10)5-11/h7,12H,3H2,1-2H3,(H,13,14)/p-1. The van der Waals surface area contributed by atoms with Crippen LogP contribution in [0.15, 0.2) is 10.6 Å². The summed E-state index contributed by atoms with van der Waals surface area (Å²) in [4.78, 5) is 10.6. The van der Waals surface area contributed by atoms with E-state index in [1.807, 2.05) is 0 Å². The number of carbonyl (C=O) groups excluding carboxylic acids is 1. The summed E-state index contributed by atoms with van der Waals surface area (Å²) in [6.45, 7) is 1.67. The van der Waals surface area contributed by atoms with E-state index in [0.717, 1.165) is 11.8 Å². The molecule has 0 aliphatic heterocycles. The Morgan fingerprint density at radius 2 is 2.07 bits per heavy atom. The Hall–Kier alpha value is -1.66. The molecule has 0 bridgehead atoms. The van der Waals surface area contributed by atoms with Crippen LogP contribution < -0.4 is 10.4 Å². The van der Waals surface area contributed by atoms with Crippen LogP contribution in [0.1, 0.15) is 13.3 Å². The number of rotatable bonds is 5. The number of nitriles is 2. The van der Waals surface area contributed by atoms with Crippen LogP contribution in [-0.2, 0) is 4.79 Å². The van der Waals surface area contributed by atoms with Crippen molar-refractivity contribution < 1.29 is 9.90 Å². The van der Waals surface area contributed by atoms with Gasteiger partial charge in [0, 0.05) is 0 Å². The maximum atomic E-state index is 10.6. The van der Waals surface area contributed by atoms with Gasteiger partial charge < -0.3 is 15.2 Å². The third kappa shape index (κ3) is 3.92. The molecule has 0 aliphatic rings. The lowest BCUT2D eigenvalue weighted by atomic mass is 10.2. The molecule has 1 atom stereocenters. The molecule has 5 nitrogen and oxygen atoms in total. The van der Waals surface area contributed by atoms with Crippen LogP contribution in [0, 0.1) is 22.7 Å². The van der Waals surface area contributed by atoms with Crippen molar-refractivity contribution in [1.29, 1.82) is 10.5 Å². The predicted molar refractivity (Wildman–Crippen MR) is 54.0 cm³/mol. The summed E-state index contributed by atoms with van der Waals surface area (Å²) in [7, 11) is 0. The molecular formula is C9H10N3O2S-. The molecule has 0 heterocycles. The fourth-order valence-electron chi connectivity index (χ4n) is 0.846. The lowest BCUT2D eigenvalue weighted by Crippen LogP contribution is -2.44. The second kappa shape index (κ2) is 6.74. The van der Waals surface area contributed by atoms with Gasteiger partial charge in [-0.05, 0) is 12.7 Å². The van der Waals surface area contributed by atoms with E-state index in [9.17, 15) is 9.90 Å². The molecule has 0 saturated heterocycles. The second-order valence-electron chi connectivity index (χ2n) is 2.56. The molecule has 0 aliphatic carbocycles. The first-order valence-electron chi connectivity index (χ1n) is 4.16. The molecule has 0 fully saturated rings. The molecule has 0 aromatic carbocycles. The monoisotopic (exact) mass is 224 g/mol. The zero-order valence-corrected chi connectivity index (χ0v) is 9.22. The molecule has 0 saturated carbocycles. The Labute approximate surface area is 92.4 Å². The molecule has 0 rings (SSSR count). The zero-order valence-electron chi connectivity index (χ0n) is 8.40. The first kappa shape index (κ1) is 13.3. The zero-order chi connectivity index (χ0) is 11.8. The van der Waals surface area contributed by atoms with Gasteiger partial charge in [-0.2, -0.15) is 10.5 Å². The van der Waals surface area contributed by atoms with Gasteiger partial charge in [0.05, 0.1) is 17.0 Å². The number of hydrogen-bond acceptors (Lipinski definition) is 6. The van der Waals surface area contributed by atoms with Crippen LogP contribution in [0.5, 0.6) is 0 Å². The van der Waals surface area contributed by atoms with Crippen molar-refractivity contribution >= 4 is 17.7 Å². The molecule has 80 valence electrons. The first-order chi connectivity index (χ1) is 7.10. The summed E-state index contributed by atoms with van der Waals surface area (Å²) in [6.07, 6.45) is 1.97. The quantitative estimate of drug-likeness (QED) is 0.645. The lowest BCUT2D eigenvalue weighted by molar-refractivity contribution is -0.308. The molecule has 6 heteroatoms. The van der Waals surface area contributed by atoms with Gasteiger partial charge in [-0.15, -0.1) is 11.8 Å². The van der Waals surface area contributed by atoms with Crippen molar-refractivity contribution in [1.82, 2.24) is 5.32 Å². The largest absolute Gasteiger partial charge is 0.548 e. The summed E-state index contributed by atoms with van der Waals surface area (Å²) in [6, 6.07) is 2.50. The van der Waals surface area contributed by atoms with Crippen molar-refractivity contribution in [3.8, 4) is 12.1 Å². The van der Waals surface area contributed by atoms with E-state index in [0.29, 0.717) is 6.42 Å². The maximum absolute atomic E-state index is 10.6. The van der Waals surface area contributed by atoms with Gasteiger partial charge in [-0.3, -0.25) is 0 Å². The number of allylic oxidation sites excluding steroid dienone is 1. The summed E-state index contributed by atoms with van der Waals surface area (Å²) in [5, 5.41) is 30.7. The number of carboxylic acids is 1. The van der Waals surface area contributed by atoms with Crippen molar-refractivity contribution in [2.45, 2.75) is 19.4 Å². The molecular weight excluding hydrogens is 214 g/mol. The van der Waals surface area contributed by atoms with E-state index in [1.54, 1.807) is 25.3 Å². The third-order valence-electron chi connectivity index (χ3n) is 1.65. The van der Waals surface area contributed by atoms with E-state index in [1.165, 1.54) is 0 Å². The van der Waals surface area contributed by atoms with E-state index >= 15 is 0 Å². The predicted octanol–water partition coefficient (Wildman–Crippen LogP) is -0.274. The van der Waals surface area contributed by atoms with E-state index in [4.69, 9.17) is 10.5 Å². The van der Waals surface area contributed by atoms with E-state index < -0.39 is 12.0 Å². The molecule has 1 N–H and O–H groups in total.